The van der Waals surface area contributed by atoms with Crippen molar-refractivity contribution in [1.82, 2.24) is 10.6 Å². The molecule has 1 atom stereocenters. The van der Waals surface area contributed by atoms with Crippen LogP contribution >= 0.6 is 11.8 Å². The van der Waals surface area contributed by atoms with E-state index in [0.717, 1.165) is 0 Å². The van der Waals surface area contributed by atoms with Gasteiger partial charge in [0.25, 0.3) is 5.91 Å². The first kappa shape index (κ1) is 26.8. The molecule has 0 spiro atoms. The Balaban J connectivity index is 1.88. The fraction of sp³-hybridized carbons (Fsp3) is 0.375. The maximum atomic E-state index is 12.7. The van der Waals surface area contributed by atoms with E-state index >= 15 is 0 Å². The number of amides is 3. The summed E-state index contributed by atoms with van der Waals surface area (Å²) < 4.78 is 15.5. The number of ether oxygens (including phenoxy) is 3. The van der Waals surface area contributed by atoms with Crippen LogP contribution in [0.15, 0.2) is 42.5 Å². The van der Waals surface area contributed by atoms with Crippen molar-refractivity contribution in [3.8, 4) is 17.2 Å². The molecule has 0 aliphatic carbocycles. The first-order chi connectivity index (χ1) is 16.4. The Hall–Kier alpha value is -3.40. The second-order valence-corrected chi connectivity index (χ2v) is 8.18. The highest BCUT2D eigenvalue weighted by Gasteiger charge is 2.21. The lowest BCUT2D eigenvalue weighted by Crippen LogP contribution is -2.45. The van der Waals surface area contributed by atoms with E-state index in [2.05, 4.69) is 16.0 Å². The Labute approximate surface area is 203 Å². The fourth-order valence-electron chi connectivity index (χ4n) is 3.04. The molecule has 0 radical (unpaired) electrons. The molecular weight excluding hydrogens is 458 g/mol. The molecule has 0 saturated heterocycles. The molecule has 0 aliphatic heterocycles. The molecule has 34 heavy (non-hydrogen) atoms. The standard InChI is InChI=1S/C24H31N3O6S/c1-31-18-8-6-17(7-9-18)26-24(30)19(12-14-34-4)27-22(28)11-13-25-23(29)16-5-10-20(32-2)21(15-16)33-3/h5-10,15,19H,11-14H2,1-4H3,(H,25,29)(H,26,30)(H,27,28). The van der Waals surface area contributed by atoms with Crippen LogP contribution < -0.4 is 30.2 Å². The van der Waals surface area contributed by atoms with Crippen LogP contribution in [-0.2, 0) is 9.59 Å². The van der Waals surface area contributed by atoms with E-state index < -0.39 is 6.04 Å². The monoisotopic (exact) mass is 489 g/mol. The summed E-state index contributed by atoms with van der Waals surface area (Å²) in [5, 5.41) is 8.28. The van der Waals surface area contributed by atoms with Gasteiger partial charge < -0.3 is 30.2 Å². The number of hydrogen-bond acceptors (Lipinski definition) is 7. The van der Waals surface area contributed by atoms with Crippen molar-refractivity contribution in [3.63, 3.8) is 0 Å². The van der Waals surface area contributed by atoms with Crippen LogP contribution in [0.25, 0.3) is 0 Å². The van der Waals surface area contributed by atoms with E-state index in [4.69, 9.17) is 14.2 Å². The van der Waals surface area contributed by atoms with Crippen molar-refractivity contribution in [2.24, 2.45) is 0 Å². The molecule has 0 aliphatic rings. The van der Waals surface area contributed by atoms with E-state index in [1.54, 1.807) is 61.3 Å². The highest BCUT2D eigenvalue weighted by Crippen LogP contribution is 2.27. The Kier molecular flexibility index (Phi) is 11.0. The topological polar surface area (TPSA) is 115 Å². The van der Waals surface area contributed by atoms with Crippen molar-refractivity contribution in [1.29, 1.82) is 0 Å². The second-order valence-electron chi connectivity index (χ2n) is 7.19. The predicted octanol–water partition coefficient (Wildman–Crippen LogP) is 2.71. The van der Waals surface area contributed by atoms with Gasteiger partial charge in [0, 0.05) is 24.2 Å². The number of nitrogens with one attached hydrogen (secondary N) is 3. The van der Waals surface area contributed by atoms with Gasteiger partial charge in [-0.3, -0.25) is 14.4 Å². The van der Waals surface area contributed by atoms with Gasteiger partial charge in [-0.2, -0.15) is 11.8 Å². The zero-order valence-electron chi connectivity index (χ0n) is 19.8. The van der Waals surface area contributed by atoms with Gasteiger partial charge in [0.05, 0.1) is 21.3 Å². The van der Waals surface area contributed by atoms with Crippen molar-refractivity contribution in [3.05, 3.63) is 48.0 Å². The third kappa shape index (κ3) is 8.18. The van der Waals surface area contributed by atoms with E-state index in [9.17, 15) is 14.4 Å². The minimum absolute atomic E-state index is 0.0324. The van der Waals surface area contributed by atoms with Crippen LogP contribution in [0.4, 0.5) is 5.69 Å². The summed E-state index contributed by atoms with van der Waals surface area (Å²) >= 11 is 1.59. The summed E-state index contributed by atoms with van der Waals surface area (Å²) in [6, 6.07) is 11.1. The molecule has 1 unspecified atom stereocenters. The van der Waals surface area contributed by atoms with Gasteiger partial charge in [-0.15, -0.1) is 0 Å². The zero-order valence-corrected chi connectivity index (χ0v) is 20.6. The normalized spacial score (nSPS) is 11.2. The fourth-order valence-corrected chi connectivity index (χ4v) is 3.52. The maximum Gasteiger partial charge on any atom is 0.251 e. The minimum atomic E-state index is -0.691. The van der Waals surface area contributed by atoms with Crippen LogP contribution in [0.2, 0.25) is 0 Å². The lowest BCUT2D eigenvalue weighted by Gasteiger charge is -2.18. The lowest BCUT2D eigenvalue weighted by atomic mass is 10.1. The quantitative estimate of drug-likeness (QED) is 0.396. The van der Waals surface area contributed by atoms with E-state index in [0.29, 0.717) is 40.7 Å². The molecule has 0 bridgehead atoms. The molecule has 2 aromatic rings. The van der Waals surface area contributed by atoms with Gasteiger partial charge >= 0.3 is 0 Å². The predicted molar refractivity (Wildman–Crippen MR) is 133 cm³/mol. The average molecular weight is 490 g/mol. The van der Waals surface area contributed by atoms with Gasteiger partial charge in [-0.1, -0.05) is 0 Å². The molecule has 9 nitrogen and oxygen atoms in total. The summed E-state index contributed by atoms with van der Waals surface area (Å²) in [6.45, 7) is 0.119. The molecular formula is C24H31N3O6S. The first-order valence-corrected chi connectivity index (χ1v) is 12.0. The van der Waals surface area contributed by atoms with Gasteiger partial charge in [0.2, 0.25) is 11.8 Å². The largest absolute Gasteiger partial charge is 0.497 e. The number of benzene rings is 2. The van der Waals surface area contributed by atoms with Crippen LogP contribution in [-0.4, -0.2) is 63.6 Å². The van der Waals surface area contributed by atoms with Crippen molar-refractivity contribution in [2.45, 2.75) is 18.9 Å². The van der Waals surface area contributed by atoms with E-state index in [1.165, 1.54) is 14.2 Å². The molecule has 0 fully saturated rings. The summed E-state index contributed by atoms with van der Waals surface area (Å²) in [4.78, 5) is 37.6. The SMILES string of the molecule is COc1ccc(NC(=O)C(CCSC)NC(=O)CCNC(=O)c2ccc(OC)c(OC)c2)cc1. The van der Waals surface area contributed by atoms with Crippen molar-refractivity contribution >= 4 is 35.2 Å². The first-order valence-electron chi connectivity index (χ1n) is 10.6. The Morgan fingerprint density at radius 2 is 1.65 bits per heavy atom. The second kappa shape index (κ2) is 14.0. The van der Waals surface area contributed by atoms with Crippen LogP contribution in [0.5, 0.6) is 17.2 Å². The number of carbonyl (C=O) groups excluding carboxylic acids is 3. The molecule has 2 aromatic carbocycles. The molecule has 3 amide bonds. The highest BCUT2D eigenvalue weighted by atomic mass is 32.2. The Morgan fingerprint density at radius 1 is 0.941 bits per heavy atom. The number of hydrogen-bond donors (Lipinski definition) is 3. The highest BCUT2D eigenvalue weighted by molar-refractivity contribution is 7.98. The molecule has 0 aromatic heterocycles. The number of anilines is 1. The average Bonchev–Trinajstić information content (AvgIpc) is 2.86. The van der Waals surface area contributed by atoms with Gasteiger partial charge in [-0.05, 0) is 60.9 Å². The molecule has 2 rings (SSSR count). The molecule has 184 valence electrons. The molecule has 0 heterocycles. The van der Waals surface area contributed by atoms with Crippen molar-refractivity contribution < 1.29 is 28.6 Å². The van der Waals surface area contributed by atoms with Crippen LogP contribution in [0.3, 0.4) is 0 Å². The molecule has 10 heteroatoms. The summed E-state index contributed by atoms with van der Waals surface area (Å²) in [7, 11) is 4.57. The van der Waals surface area contributed by atoms with Gasteiger partial charge in [0.1, 0.15) is 11.8 Å². The third-order valence-electron chi connectivity index (χ3n) is 4.90. The van der Waals surface area contributed by atoms with E-state index in [1.807, 2.05) is 6.26 Å². The van der Waals surface area contributed by atoms with Gasteiger partial charge in [-0.25, -0.2) is 0 Å². The van der Waals surface area contributed by atoms with Crippen molar-refractivity contribution in [2.75, 3.05) is 45.2 Å². The van der Waals surface area contributed by atoms with Gasteiger partial charge in [0.15, 0.2) is 11.5 Å². The zero-order chi connectivity index (χ0) is 24.9. The van der Waals surface area contributed by atoms with E-state index in [-0.39, 0.29) is 30.7 Å². The number of thioether (sulfide) groups is 1. The van der Waals surface area contributed by atoms with Crippen LogP contribution in [0, 0.1) is 0 Å². The lowest BCUT2D eigenvalue weighted by molar-refractivity contribution is -0.126. The third-order valence-corrected chi connectivity index (χ3v) is 5.55. The number of methoxy groups -OCH3 is 3. The summed E-state index contributed by atoms with van der Waals surface area (Å²) in [6.07, 6.45) is 2.45. The maximum absolute atomic E-state index is 12.7. The molecule has 3 N–H and O–H groups in total. The minimum Gasteiger partial charge on any atom is -0.497 e. The summed E-state index contributed by atoms with van der Waals surface area (Å²) in [5.41, 5.74) is 0.992. The Morgan fingerprint density at radius 3 is 2.26 bits per heavy atom. The number of carbonyl (C=O) groups is 3. The number of rotatable bonds is 13. The summed E-state index contributed by atoms with van der Waals surface area (Å²) in [5.74, 6) is 1.36. The Bertz CT molecular complexity index is 968. The van der Waals surface area contributed by atoms with Crippen LogP contribution in [0.1, 0.15) is 23.2 Å². The smallest absolute Gasteiger partial charge is 0.251 e. The molecule has 0 saturated carbocycles.